The molecule has 0 amide bonds. The fraction of sp³-hybridized carbons (Fsp3) is 0.600. The summed E-state index contributed by atoms with van der Waals surface area (Å²) in [6.07, 6.45) is 1.21. The van der Waals surface area contributed by atoms with E-state index in [-0.39, 0.29) is 0 Å². The van der Waals surface area contributed by atoms with Crippen LogP contribution in [-0.2, 0) is 11.0 Å². The summed E-state index contributed by atoms with van der Waals surface area (Å²) < 4.78 is 5.53. The van der Waals surface area contributed by atoms with Gasteiger partial charge in [0.25, 0.3) is 0 Å². The van der Waals surface area contributed by atoms with E-state index in [0.29, 0.717) is 0 Å². The molecule has 1 rings (SSSR count). The second-order valence-electron chi connectivity index (χ2n) is 5.48. The van der Waals surface area contributed by atoms with Gasteiger partial charge in [0.1, 0.15) is 0 Å². The molecule has 1 aromatic carbocycles. The number of hydrogen-bond acceptors (Lipinski definition) is 3. The van der Waals surface area contributed by atoms with Crippen molar-refractivity contribution in [3.8, 4) is 0 Å². The Labute approximate surface area is 118 Å². The molecule has 108 valence electrons. The summed E-state index contributed by atoms with van der Waals surface area (Å²) in [4.78, 5) is 0. The van der Waals surface area contributed by atoms with E-state index in [4.69, 9.17) is 4.43 Å². The molecule has 0 unspecified atom stereocenters. The SMILES string of the molecule is CO[Si](C)(C)CCCNCCNCc1ccccc1. The Bertz CT molecular complexity index is 330. The number of rotatable bonds is 10. The quantitative estimate of drug-likeness (QED) is 0.510. The summed E-state index contributed by atoms with van der Waals surface area (Å²) in [6.45, 7) is 8.63. The van der Waals surface area contributed by atoms with Crippen molar-refractivity contribution in [2.24, 2.45) is 0 Å². The first kappa shape index (κ1) is 16.4. The van der Waals surface area contributed by atoms with Crippen LogP contribution in [0.3, 0.4) is 0 Å². The second kappa shape index (κ2) is 9.26. The van der Waals surface area contributed by atoms with Crippen molar-refractivity contribution in [2.75, 3.05) is 26.7 Å². The molecule has 4 heteroatoms. The molecule has 0 spiro atoms. The highest BCUT2D eigenvalue weighted by molar-refractivity contribution is 6.71. The lowest BCUT2D eigenvalue weighted by molar-refractivity contribution is 0.401. The van der Waals surface area contributed by atoms with Gasteiger partial charge in [0.15, 0.2) is 8.32 Å². The third-order valence-corrected chi connectivity index (χ3v) is 6.00. The van der Waals surface area contributed by atoms with Gasteiger partial charge in [0.05, 0.1) is 0 Å². The van der Waals surface area contributed by atoms with Gasteiger partial charge in [-0.05, 0) is 37.7 Å². The van der Waals surface area contributed by atoms with E-state index in [2.05, 4.69) is 54.1 Å². The summed E-state index contributed by atoms with van der Waals surface area (Å²) in [5.74, 6) is 0. The van der Waals surface area contributed by atoms with Crippen LogP contribution in [0.5, 0.6) is 0 Å². The highest BCUT2D eigenvalue weighted by Gasteiger charge is 2.18. The summed E-state index contributed by atoms with van der Waals surface area (Å²) in [5, 5.41) is 6.91. The Kier molecular flexibility index (Phi) is 7.98. The summed E-state index contributed by atoms with van der Waals surface area (Å²) in [5.41, 5.74) is 1.34. The van der Waals surface area contributed by atoms with Crippen LogP contribution in [0.15, 0.2) is 30.3 Å². The van der Waals surface area contributed by atoms with Gasteiger partial charge in [-0.25, -0.2) is 0 Å². The van der Waals surface area contributed by atoms with Crippen molar-refractivity contribution in [2.45, 2.75) is 32.1 Å². The number of hydrogen-bond donors (Lipinski definition) is 2. The molecule has 0 radical (unpaired) electrons. The first-order valence-electron chi connectivity index (χ1n) is 7.14. The molecular weight excluding hydrogens is 252 g/mol. The topological polar surface area (TPSA) is 33.3 Å². The maximum absolute atomic E-state index is 5.53. The van der Waals surface area contributed by atoms with Gasteiger partial charge in [-0.3, -0.25) is 0 Å². The Balaban J connectivity index is 1.92. The first-order chi connectivity index (χ1) is 9.14. The third-order valence-electron chi connectivity index (χ3n) is 3.34. The molecule has 0 saturated carbocycles. The van der Waals surface area contributed by atoms with Gasteiger partial charge < -0.3 is 15.1 Å². The minimum absolute atomic E-state index is 0.951. The number of nitrogens with one attached hydrogen (secondary N) is 2. The van der Waals surface area contributed by atoms with E-state index in [9.17, 15) is 0 Å². The van der Waals surface area contributed by atoms with Crippen molar-refractivity contribution in [1.29, 1.82) is 0 Å². The molecular formula is C15H28N2OSi. The monoisotopic (exact) mass is 280 g/mol. The van der Waals surface area contributed by atoms with E-state index < -0.39 is 8.32 Å². The van der Waals surface area contributed by atoms with Crippen LogP contribution in [0.1, 0.15) is 12.0 Å². The maximum Gasteiger partial charge on any atom is 0.186 e. The highest BCUT2D eigenvalue weighted by Crippen LogP contribution is 2.11. The van der Waals surface area contributed by atoms with Gasteiger partial charge in [-0.2, -0.15) is 0 Å². The Morgan fingerprint density at radius 2 is 1.68 bits per heavy atom. The lowest BCUT2D eigenvalue weighted by atomic mass is 10.2. The van der Waals surface area contributed by atoms with Crippen LogP contribution in [0, 0.1) is 0 Å². The van der Waals surface area contributed by atoms with Crippen molar-refractivity contribution < 1.29 is 4.43 Å². The Morgan fingerprint density at radius 1 is 1.00 bits per heavy atom. The third kappa shape index (κ3) is 8.16. The van der Waals surface area contributed by atoms with E-state index in [1.54, 1.807) is 0 Å². The van der Waals surface area contributed by atoms with Crippen molar-refractivity contribution in [1.82, 2.24) is 10.6 Å². The zero-order valence-electron chi connectivity index (χ0n) is 12.5. The second-order valence-corrected chi connectivity index (χ2v) is 9.91. The zero-order valence-corrected chi connectivity index (χ0v) is 13.5. The predicted octanol–water partition coefficient (Wildman–Crippen LogP) is 2.61. The summed E-state index contributed by atoms with van der Waals surface area (Å²) in [6, 6.07) is 11.7. The molecule has 19 heavy (non-hydrogen) atoms. The lowest BCUT2D eigenvalue weighted by Gasteiger charge is -2.19. The summed E-state index contributed by atoms with van der Waals surface area (Å²) in [7, 11) is 0.488. The van der Waals surface area contributed by atoms with E-state index in [1.807, 2.05) is 7.11 Å². The van der Waals surface area contributed by atoms with Gasteiger partial charge in [-0.15, -0.1) is 0 Å². The van der Waals surface area contributed by atoms with Crippen LogP contribution in [0.2, 0.25) is 19.1 Å². The average Bonchev–Trinajstić information content (AvgIpc) is 2.43. The molecule has 0 aliphatic heterocycles. The zero-order chi connectivity index (χ0) is 14.0. The van der Waals surface area contributed by atoms with Crippen LogP contribution in [0.4, 0.5) is 0 Å². The van der Waals surface area contributed by atoms with Crippen molar-refractivity contribution >= 4 is 8.32 Å². The standard InChI is InChI=1S/C15H28N2OSi/c1-18-19(2,3)13-7-10-16-11-12-17-14-15-8-5-4-6-9-15/h4-6,8-9,16-17H,7,10-14H2,1-3H3. The summed E-state index contributed by atoms with van der Waals surface area (Å²) >= 11 is 0. The molecule has 0 saturated heterocycles. The molecule has 0 heterocycles. The highest BCUT2D eigenvalue weighted by atomic mass is 28.4. The predicted molar refractivity (Wildman–Crippen MR) is 84.9 cm³/mol. The molecule has 0 aliphatic rings. The van der Waals surface area contributed by atoms with Crippen molar-refractivity contribution in [3.05, 3.63) is 35.9 Å². The van der Waals surface area contributed by atoms with Crippen molar-refractivity contribution in [3.63, 3.8) is 0 Å². The molecule has 1 aromatic rings. The van der Waals surface area contributed by atoms with Crippen LogP contribution in [0.25, 0.3) is 0 Å². The normalized spacial score (nSPS) is 11.7. The van der Waals surface area contributed by atoms with E-state index in [1.165, 1.54) is 18.0 Å². The smallest absolute Gasteiger partial charge is 0.186 e. The number of benzene rings is 1. The average molecular weight is 280 g/mol. The first-order valence-corrected chi connectivity index (χ1v) is 10.3. The molecule has 0 atom stereocenters. The molecule has 0 fully saturated rings. The van der Waals surface area contributed by atoms with Gasteiger partial charge in [0.2, 0.25) is 0 Å². The molecule has 0 aromatic heterocycles. The van der Waals surface area contributed by atoms with Gasteiger partial charge in [0, 0.05) is 26.7 Å². The van der Waals surface area contributed by atoms with Gasteiger partial charge >= 0.3 is 0 Å². The molecule has 3 nitrogen and oxygen atoms in total. The maximum atomic E-state index is 5.53. The Hall–Kier alpha value is -0.683. The fourth-order valence-electron chi connectivity index (χ4n) is 1.87. The molecule has 0 bridgehead atoms. The van der Waals surface area contributed by atoms with Crippen LogP contribution < -0.4 is 10.6 Å². The minimum atomic E-state index is -1.35. The van der Waals surface area contributed by atoms with Gasteiger partial charge in [-0.1, -0.05) is 30.3 Å². The minimum Gasteiger partial charge on any atom is -0.420 e. The van der Waals surface area contributed by atoms with E-state index >= 15 is 0 Å². The molecule has 2 N–H and O–H groups in total. The molecule has 0 aliphatic carbocycles. The fourth-order valence-corrected chi connectivity index (χ4v) is 3.10. The largest absolute Gasteiger partial charge is 0.420 e. The lowest BCUT2D eigenvalue weighted by Crippen LogP contribution is -2.31. The van der Waals surface area contributed by atoms with Crippen LogP contribution in [-0.4, -0.2) is 35.1 Å². The Morgan fingerprint density at radius 3 is 2.37 bits per heavy atom. The van der Waals surface area contributed by atoms with E-state index in [0.717, 1.165) is 26.2 Å². The van der Waals surface area contributed by atoms with Crippen LogP contribution >= 0.6 is 0 Å².